The fraction of sp³-hybridized carbons (Fsp3) is 0.450. The van der Waals surface area contributed by atoms with Crippen LogP contribution in [0, 0.1) is 6.92 Å². The monoisotopic (exact) mass is 309 g/mol. The Balaban J connectivity index is 1.55. The highest BCUT2D eigenvalue weighted by atomic mass is 15.2. The normalized spacial score (nSPS) is 19.6. The summed E-state index contributed by atoms with van der Waals surface area (Å²) in [6.45, 7) is 6.66. The molecule has 1 aromatic heterocycles. The molecule has 23 heavy (non-hydrogen) atoms. The summed E-state index contributed by atoms with van der Waals surface area (Å²) >= 11 is 0. The van der Waals surface area contributed by atoms with E-state index in [9.17, 15) is 0 Å². The van der Waals surface area contributed by atoms with Crippen molar-refractivity contribution < 1.29 is 0 Å². The molecule has 1 fully saturated rings. The number of nitrogens with one attached hydrogen (secondary N) is 1. The van der Waals surface area contributed by atoms with Crippen molar-refractivity contribution in [2.24, 2.45) is 0 Å². The Bertz CT molecular complexity index is 594. The van der Waals surface area contributed by atoms with Crippen molar-refractivity contribution in [3.05, 3.63) is 59.9 Å². The van der Waals surface area contributed by atoms with Crippen molar-refractivity contribution in [2.75, 3.05) is 18.0 Å². The molecule has 0 spiro atoms. The molecule has 1 aliphatic rings. The molecule has 2 aromatic rings. The number of benzene rings is 1. The molecule has 2 heterocycles. The summed E-state index contributed by atoms with van der Waals surface area (Å²) in [5.74, 6) is 0. The minimum Gasteiger partial charge on any atom is -0.370 e. The minimum atomic E-state index is 0.452. The van der Waals surface area contributed by atoms with Gasteiger partial charge in [-0.25, -0.2) is 0 Å². The second kappa shape index (κ2) is 7.60. The summed E-state index contributed by atoms with van der Waals surface area (Å²) in [5.41, 5.74) is 3.84. The summed E-state index contributed by atoms with van der Waals surface area (Å²) in [6.07, 6.45) is 5.38. The molecule has 0 radical (unpaired) electrons. The predicted octanol–water partition coefficient (Wildman–Crippen LogP) is 3.58. The van der Waals surface area contributed by atoms with E-state index in [0.29, 0.717) is 12.1 Å². The highest BCUT2D eigenvalue weighted by Crippen LogP contribution is 2.20. The number of anilines is 1. The molecule has 0 bridgehead atoms. The Hall–Kier alpha value is -1.87. The zero-order valence-electron chi connectivity index (χ0n) is 14.2. The maximum absolute atomic E-state index is 4.43. The van der Waals surface area contributed by atoms with Crippen LogP contribution < -0.4 is 10.2 Å². The molecule has 1 saturated heterocycles. The first kappa shape index (κ1) is 16.0. The van der Waals surface area contributed by atoms with E-state index in [1.165, 1.54) is 29.8 Å². The van der Waals surface area contributed by atoms with Crippen LogP contribution in [-0.4, -0.2) is 30.2 Å². The largest absolute Gasteiger partial charge is 0.370 e. The second-order valence-electron chi connectivity index (χ2n) is 6.71. The molecule has 0 aliphatic carbocycles. The van der Waals surface area contributed by atoms with E-state index in [2.05, 4.69) is 65.4 Å². The Labute approximate surface area is 139 Å². The first-order valence-electron chi connectivity index (χ1n) is 8.68. The Morgan fingerprint density at radius 2 is 2.04 bits per heavy atom. The van der Waals surface area contributed by atoms with Gasteiger partial charge in [0.15, 0.2) is 0 Å². The first-order valence-corrected chi connectivity index (χ1v) is 8.68. The quantitative estimate of drug-likeness (QED) is 0.915. The number of aromatic nitrogens is 1. The Morgan fingerprint density at radius 1 is 1.22 bits per heavy atom. The third kappa shape index (κ3) is 4.55. The molecule has 1 aliphatic heterocycles. The van der Waals surface area contributed by atoms with Gasteiger partial charge in [0.25, 0.3) is 0 Å². The topological polar surface area (TPSA) is 28.2 Å². The zero-order valence-corrected chi connectivity index (χ0v) is 14.2. The van der Waals surface area contributed by atoms with Gasteiger partial charge in [-0.05, 0) is 51.0 Å². The summed E-state index contributed by atoms with van der Waals surface area (Å²) in [6, 6.07) is 16.1. The fourth-order valence-corrected chi connectivity index (χ4v) is 3.40. The lowest BCUT2D eigenvalue weighted by Crippen LogP contribution is -2.49. The SMILES string of the molecule is Cc1ccc(N2CCCC(NC(C)Cc3ccccn3)C2)cc1. The number of piperidine rings is 1. The molecule has 1 N–H and O–H groups in total. The van der Waals surface area contributed by atoms with E-state index in [-0.39, 0.29) is 0 Å². The molecule has 1 aromatic carbocycles. The molecule has 3 nitrogen and oxygen atoms in total. The standard InChI is InChI=1S/C20H27N3/c1-16-8-10-20(11-9-16)23-13-5-7-19(15-23)22-17(2)14-18-6-3-4-12-21-18/h3-4,6,8-12,17,19,22H,5,7,13-15H2,1-2H3. The highest BCUT2D eigenvalue weighted by molar-refractivity contribution is 5.48. The van der Waals surface area contributed by atoms with Crippen LogP contribution in [0.3, 0.4) is 0 Å². The van der Waals surface area contributed by atoms with Crippen molar-refractivity contribution in [3.8, 4) is 0 Å². The van der Waals surface area contributed by atoms with E-state index >= 15 is 0 Å². The van der Waals surface area contributed by atoms with Gasteiger partial charge in [0.1, 0.15) is 0 Å². The van der Waals surface area contributed by atoms with Gasteiger partial charge in [-0.1, -0.05) is 23.8 Å². The smallest absolute Gasteiger partial charge is 0.0419 e. The lowest BCUT2D eigenvalue weighted by Gasteiger charge is -2.36. The van der Waals surface area contributed by atoms with Gasteiger partial charge in [0.2, 0.25) is 0 Å². The first-order chi connectivity index (χ1) is 11.2. The third-order valence-electron chi connectivity index (χ3n) is 4.58. The van der Waals surface area contributed by atoms with Gasteiger partial charge >= 0.3 is 0 Å². The van der Waals surface area contributed by atoms with Crippen LogP contribution in [0.5, 0.6) is 0 Å². The number of hydrogen-bond donors (Lipinski definition) is 1. The zero-order chi connectivity index (χ0) is 16.1. The van der Waals surface area contributed by atoms with Crippen LogP contribution in [-0.2, 0) is 6.42 Å². The highest BCUT2D eigenvalue weighted by Gasteiger charge is 2.21. The van der Waals surface area contributed by atoms with Crippen molar-refractivity contribution in [3.63, 3.8) is 0 Å². The fourth-order valence-electron chi connectivity index (χ4n) is 3.40. The van der Waals surface area contributed by atoms with Crippen LogP contribution in [0.15, 0.2) is 48.7 Å². The Morgan fingerprint density at radius 3 is 2.78 bits per heavy atom. The molecule has 122 valence electrons. The van der Waals surface area contributed by atoms with E-state index in [0.717, 1.165) is 19.5 Å². The van der Waals surface area contributed by atoms with Gasteiger partial charge in [0.05, 0.1) is 0 Å². The average Bonchev–Trinajstić information content (AvgIpc) is 2.56. The van der Waals surface area contributed by atoms with Crippen LogP contribution >= 0.6 is 0 Å². The van der Waals surface area contributed by atoms with Gasteiger partial charge in [0, 0.05) is 49.2 Å². The summed E-state index contributed by atoms with van der Waals surface area (Å²) in [7, 11) is 0. The van der Waals surface area contributed by atoms with E-state index < -0.39 is 0 Å². The molecule has 0 amide bonds. The minimum absolute atomic E-state index is 0.452. The van der Waals surface area contributed by atoms with Crippen LogP contribution in [0.4, 0.5) is 5.69 Å². The average molecular weight is 309 g/mol. The maximum Gasteiger partial charge on any atom is 0.0419 e. The van der Waals surface area contributed by atoms with E-state index in [1.54, 1.807) is 0 Å². The van der Waals surface area contributed by atoms with Crippen molar-refractivity contribution in [2.45, 2.75) is 45.2 Å². The third-order valence-corrected chi connectivity index (χ3v) is 4.58. The predicted molar refractivity (Wildman–Crippen MR) is 97.0 cm³/mol. The summed E-state index contributed by atoms with van der Waals surface area (Å²) in [4.78, 5) is 6.94. The van der Waals surface area contributed by atoms with Crippen LogP contribution in [0.25, 0.3) is 0 Å². The summed E-state index contributed by atoms with van der Waals surface area (Å²) in [5, 5.41) is 3.80. The lowest BCUT2D eigenvalue weighted by atomic mass is 10.0. The number of aryl methyl sites for hydroxylation is 1. The van der Waals surface area contributed by atoms with Gasteiger partial charge in [-0.3, -0.25) is 4.98 Å². The van der Waals surface area contributed by atoms with Crippen molar-refractivity contribution in [1.82, 2.24) is 10.3 Å². The van der Waals surface area contributed by atoms with Gasteiger partial charge in [-0.15, -0.1) is 0 Å². The number of pyridine rings is 1. The molecule has 3 rings (SSSR count). The maximum atomic E-state index is 4.43. The molecule has 2 unspecified atom stereocenters. The molecule has 0 saturated carbocycles. The van der Waals surface area contributed by atoms with Gasteiger partial charge < -0.3 is 10.2 Å². The van der Waals surface area contributed by atoms with Crippen molar-refractivity contribution >= 4 is 5.69 Å². The molecule has 3 heteroatoms. The van der Waals surface area contributed by atoms with Crippen LogP contribution in [0.2, 0.25) is 0 Å². The van der Waals surface area contributed by atoms with Gasteiger partial charge in [-0.2, -0.15) is 0 Å². The summed E-state index contributed by atoms with van der Waals surface area (Å²) < 4.78 is 0. The molecule has 2 atom stereocenters. The number of rotatable bonds is 5. The number of nitrogens with zero attached hydrogens (tertiary/aromatic N) is 2. The Kier molecular flexibility index (Phi) is 5.29. The second-order valence-corrected chi connectivity index (χ2v) is 6.71. The van der Waals surface area contributed by atoms with E-state index in [4.69, 9.17) is 0 Å². The van der Waals surface area contributed by atoms with Crippen LogP contribution in [0.1, 0.15) is 31.0 Å². The van der Waals surface area contributed by atoms with E-state index in [1.807, 2.05) is 12.3 Å². The molecular weight excluding hydrogens is 282 g/mol. The number of hydrogen-bond acceptors (Lipinski definition) is 3. The lowest BCUT2D eigenvalue weighted by molar-refractivity contribution is 0.381. The van der Waals surface area contributed by atoms with Crippen molar-refractivity contribution in [1.29, 1.82) is 0 Å². The molecular formula is C20H27N3.